The monoisotopic (exact) mass is 627 g/mol. The van der Waals surface area contributed by atoms with Gasteiger partial charge < -0.3 is 9.47 Å². The van der Waals surface area contributed by atoms with Crippen molar-refractivity contribution in [2.24, 2.45) is 0 Å². The zero-order valence-electron chi connectivity index (χ0n) is 24.6. The first-order valence-electron chi connectivity index (χ1n) is 14.4. The summed E-state index contributed by atoms with van der Waals surface area (Å²) in [6.45, 7) is 0.0897. The Balaban J connectivity index is 1.22. The number of nitrogens with zero attached hydrogens (tertiary/aromatic N) is 5. The van der Waals surface area contributed by atoms with Crippen molar-refractivity contribution in [1.29, 1.82) is 0 Å². The van der Waals surface area contributed by atoms with Gasteiger partial charge in [0.1, 0.15) is 29.6 Å². The van der Waals surface area contributed by atoms with Crippen LogP contribution >= 0.6 is 11.3 Å². The van der Waals surface area contributed by atoms with Crippen LogP contribution in [-0.4, -0.2) is 31.5 Å². The molecule has 0 aliphatic rings. The minimum absolute atomic E-state index is 0.0897. The zero-order chi connectivity index (χ0) is 31.5. The number of aromatic nitrogens is 5. The molecule has 0 saturated heterocycles. The van der Waals surface area contributed by atoms with Gasteiger partial charge in [0.25, 0.3) is 5.56 Å². The first kappa shape index (κ1) is 28.9. The van der Waals surface area contributed by atoms with E-state index in [1.54, 1.807) is 36.1 Å². The number of methoxy groups -OCH3 is 1. The van der Waals surface area contributed by atoms with Crippen LogP contribution in [-0.2, 0) is 6.61 Å². The molecule has 3 heterocycles. The molecular formula is C36H26FN5O3S. The van der Waals surface area contributed by atoms with E-state index in [0.717, 1.165) is 28.1 Å². The van der Waals surface area contributed by atoms with Crippen LogP contribution < -0.4 is 19.6 Å². The summed E-state index contributed by atoms with van der Waals surface area (Å²) in [4.78, 5) is 18.5. The standard InChI is InChI=1S/C36H26FN5O3S/c1-44-29-17-14-24(15-18-29)16-19-33-38-36-42(39-33)35(43)32(46-36)21-27-22-41(28-10-3-2-4-11-28)40-34(27)25-9-7-12-30(20-25)45-23-26-8-5-6-13-31(26)37/h2-22H,23H2,1H3/b19-16+,32-21-. The lowest BCUT2D eigenvalue weighted by molar-refractivity contribution is 0.300. The summed E-state index contributed by atoms with van der Waals surface area (Å²) >= 11 is 1.26. The molecule has 0 aliphatic heterocycles. The number of ether oxygens (including phenoxy) is 2. The minimum Gasteiger partial charge on any atom is -0.497 e. The van der Waals surface area contributed by atoms with Crippen LogP contribution in [0.25, 0.3) is 40.1 Å². The van der Waals surface area contributed by atoms with E-state index >= 15 is 0 Å². The van der Waals surface area contributed by atoms with Gasteiger partial charge in [-0.05, 0) is 60.2 Å². The summed E-state index contributed by atoms with van der Waals surface area (Å²) in [6, 6.07) is 31.3. The van der Waals surface area contributed by atoms with Crippen LogP contribution in [0.2, 0.25) is 0 Å². The van der Waals surface area contributed by atoms with Crippen molar-refractivity contribution in [3.8, 4) is 28.4 Å². The quantitative estimate of drug-likeness (QED) is 0.183. The third-order valence-corrected chi connectivity index (χ3v) is 8.21. The van der Waals surface area contributed by atoms with Crippen molar-refractivity contribution in [3.63, 3.8) is 0 Å². The predicted octanol–water partition coefficient (Wildman–Crippen LogP) is 6.45. The molecule has 226 valence electrons. The molecule has 3 aromatic heterocycles. The minimum atomic E-state index is -0.317. The number of para-hydroxylation sites is 1. The summed E-state index contributed by atoms with van der Waals surface area (Å²) in [6.07, 6.45) is 7.35. The van der Waals surface area contributed by atoms with Crippen LogP contribution in [0.15, 0.2) is 114 Å². The highest BCUT2D eigenvalue weighted by molar-refractivity contribution is 7.15. The molecule has 0 bridgehead atoms. The Kier molecular flexibility index (Phi) is 7.92. The van der Waals surface area contributed by atoms with Crippen molar-refractivity contribution in [1.82, 2.24) is 24.4 Å². The molecule has 0 saturated carbocycles. The maximum absolute atomic E-state index is 14.2. The predicted molar refractivity (Wildman–Crippen MR) is 178 cm³/mol. The summed E-state index contributed by atoms with van der Waals surface area (Å²) in [5.41, 5.74) is 4.20. The molecule has 0 unspecified atom stereocenters. The highest BCUT2D eigenvalue weighted by Gasteiger charge is 2.15. The van der Waals surface area contributed by atoms with E-state index in [9.17, 15) is 9.18 Å². The molecule has 46 heavy (non-hydrogen) atoms. The van der Waals surface area contributed by atoms with E-state index < -0.39 is 0 Å². The molecule has 0 aliphatic carbocycles. The average Bonchev–Trinajstić information content (AvgIpc) is 3.78. The van der Waals surface area contributed by atoms with Gasteiger partial charge in [0, 0.05) is 22.9 Å². The Labute approximate surface area is 266 Å². The van der Waals surface area contributed by atoms with Crippen LogP contribution in [0, 0.1) is 5.82 Å². The number of halogens is 1. The van der Waals surface area contributed by atoms with Crippen LogP contribution in [0.4, 0.5) is 4.39 Å². The van der Waals surface area contributed by atoms with Gasteiger partial charge in [-0.15, -0.1) is 5.10 Å². The normalized spacial score (nSPS) is 11.9. The summed E-state index contributed by atoms with van der Waals surface area (Å²) in [5.74, 6) is 1.47. The first-order valence-corrected chi connectivity index (χ1v) is 15.2. The number of thiazole rings is 1. The summed E-state index contributed by atoms with van der Waals surface area (Å²) < 4.78 is 28.9. The topological polar surface area (TPSA) is 83.5 Å². The maximum Gasteiger partial charge on any atom is 0.291 e. The van der Waals surface area contributed by atoms with E-state index in [1.807, 2.05) is 97.2 Å². The molecule has 10 heteroatoms. The average molecular weight is 628 g/mol. The summed E-state index contributed by atoms with van der Waals surface area (Å²) in [7, 11) is 1.62. The molecule has 0 amide bonds. The van der Waals surface area contributed by atoms with Crippen molar-refractivity contribution >= 4 is 34.5 Å². The van der Waals surface area contributed by atoms with Crippen LogP contribution in [0.5, 0.6) is 11.5 Å². The molecule has 0 fully saturated rings. The number of benzene rings is 4. The second kappa shape index (κ2) is 12.6. The van der Waals surface area contributed by atoms with Gasteiger partial charge in [-0.3, -0.25) is 4.79 Å². The lowest BCUT2D eigenvalue weighted by Gasteiger charge is -2.08. The van der Waals surface area contributed by atoms with Crippen molar-refractivity contribution in [2.75, 3.05) is 7.11 Å². The van der Waals surface area contributed by atoms with Crippen molar-refractivity contribution < 1.29 is 13.9 Å². The molecule has 8 nitrogen and oxygen atoms in total. The largest absolute Gasteiger partial charge is 0.497 e. The fraction of sp³-hybridized carbons (Fsp3) is 0.0556. The Morgan fingerprint density at radius 3 is 2.46 bits per heavy atom. The van der Waals surface area contributed by atoms with E-state index in [2.05, 4.69) is 10.1 Å². The van der Waals surface area contributed by atoms with Crippen molar-refractivity contribution in [3.05, 3.63) is 153 Å². The number of hydrogen-bond acceptors (Lipinski definition) is 7. The highest BCUT2D eigenvalue weighted by Crippen LogP contribution is 2.28. The van der Waals surface area contributed by atoms with E-state index in [0.29, 0.717) is 32.3 Å². The Morgan fingerprint density at radius 2 is 1.67 bits per heavy atom. The van der Waals surface area contributed by atoms with Gasteiger partial charge in [-0.2, -0.15) is 14.6 Å². The molecule has 4 aromatic carbocycles. The highest BCUT2D eigenvalue weighted by atomic mass is 32.1. The molecular weight excluding hydrogens is 601 g/mol. The van der Waals surface area contributed by atoms with Gasteiger partial charge in [0.05, 0.1) is 17.3 Å². The smallest absolute Gasteiger partial charge is 0.291 e. The van der Waals surface area contributed by atoms with Crippen LogP contribution in [0.3, 0.4) is 0 Å². The molecule has 0 atom stereocenters. The van der Waals surface area contributed by atoms with Gasteiger partial charge in [-0.1, -0.05) is 78.1 Å². The van der Waals surface area contributed by atoms with Gasteiger partial charge in [-0.25, -0.2) is 9.07 Å². The Morgan fingerprint density at radius 1 is 0.870 bits per heavy atom. The maximum atomic E-state index is 14.2. The lowest BCUT2D eigenvalue weighted by atomic mass is 10.1. The SMILES string of the molecule is COc1ccc(/C=C/c2nc3s/c(=C\c4cn(-c5ccccc5)nc4-c4cccc(OCc5ccccc5F)c4)c(=O)n3n2)cc1. The third kappa shape index (κ3) is 6.06. The Hall–Kier alpha value is -5.87. The van der Waals surface area contributed by atoms with E-state index in [4.69, 9.17) is 14.6 Å². The fourth-order valence-corrected chi connectivity index (χ4v) is 5.79. The number of rotatable bonds is 9. The molecule has 0 N–H and O–H groups in total. The third-order valence-electron chi connectivity index (χ3n) is 7.25. The van der Waals surface area contributed by atoms with Gasteiger partial charge in [0.2, 0.25) is 4.96 Å². The molecule has 0 radical (unpaired) electrons. The van der Waals surface area contributed by atoms with Crippen molar-refractivity contribution in [2.45, 2.75) is 6.61 Å². The van der Waals surface area contributed by atoms with Gasteiger partial charge in [0.15, 0.2) is 5.82 Å². The Bertz CT molecular complexity index is 2290. The second-order valence-electron chi connectivity index (χ2n) is 10.3. The first-order chi connectivity index (χ1) is 22.5. The number of hydrogen-bond donors (Lipinski definition) is 0. The molecule has 0 spiro atoms. The molecule has 7 rings (SSSR count). The second-order valence-corrected chi connectivity index (χ2v) is 11.3. The van der Waals surface area contributed by atoms with Crippen LogP contribution in [0.1, 0.15) is 22.5 Å². The number of fused-ring (bicyclic) bond motifs is 1. The van der Waals surface area contributed by atoms with Gasteiger partial charge >= 0.3 is 0 Å². The van der Waals surface area contributed by atoms with E-state index in [-0.39, 0.29) is 18.0 Å². The molecule has 7 aromatic rings. The summed E-state index contributed by atoms with van der Waals surface area (Å²) in [5, 5.41) is 9.31. The van der Waals surface area contributed by atoms with E-state index in [1.165, 1.54) is 21.9 Å². The lowest BCUT2D eigenvalue weighted by Crippen LogP contribution is -2.23. The fourth-order valence-electron chi connectivity index (χ4n) is 4.89. The zero-order valence-corrected chi connectivity index (χ0v) is 25.4.